The first-order valence-corrected chi connectivity index (χ1v) is 10.8. The Morgan fingerprint density at radius 3 is 2.39 bits per heavy atom. The Hall–Kier alpha value is -3.72. The van der Waals surface area contributed by atoms with E-state index in [9.17, 15) is 19.8 Å². The summed E-state index contributed by atoms with van der Waals surface area (Å²) in [5.74, 6) is -1.09. The maximum Gasteiger partial charge on any atom is 0.335 e. The molecule has 1 aliphatic rings. The summed E-state index contributed by atoms with van der Waals surface area (Å²) < 4.78 is 6.18. The monoisotopic (exact) mass is 465 g/mol. The number of carboxylic acid groups (broad SMARTS) is 2. The lowest BCUT2D eigenvalue weighted by atomic mass is 10.0. The Kier molecular flexibility index (Phi) is 6.15. The minimum absolute atomic E-state index is 0.126. The third kappa shape index (κ3) is 4.58. The predicted molar refractivity (Wildman–Crippen MR) is 125 cm³/mol. The summed E-state index contributed by atoms with van der Waals surface area (Å²) in [6, 6.07) is 12.6. The molecule has 0 radical (unpaired) electrons. The average Bonchev–Trinajstić information content (AvgIpc) is 3.39. The van der Waals surface area contributed by atoms with Crippen molar-refractivity contribution in [3.8, 4) is 11.3 Å². The van der Waals surface area contributed by atoms with Gasteiger partial charge in [0.1, 0.15) is 17.6 Å². The number of rotatable bonds is 7. The van der Waals surface area contributed by atoms with Crippen LogP contribution in [-0.2, 0) is 0 Å². The maximum atomic E-state index is 11.5. The van der Waals surface area contributed by atoms with E-state index in [1.165, 1.54) is 12.1 Å². The van der Waals surface area contributed by atoms with Crippen molar-refractivity contribution < 1.29 is 24.2 Å². The Bertz CT molecular complexity index is 1180. The number of hydrogen-bond donors (Lipinski definition) is 3. The summed E-state index contributed by atoms with van der Waals surface area (Å²) in [5, 5.41) is 22.7. The largest absolute Gasteiger partial charge is 0.478 e. The van der Waals surface area contributed by atoms with Gasteiger partial charge in [0, 0.05) is 18.3 Å². The average molecular weight is 466 g/mol. The van der Waals surface area contributed by atoms with Crippen LogP contribution < -0.4 is 5.32 Å². The molecule has 2 aromatic heterocycles. The van der Waals surface area contributed by atoms with Gasteiger partial charge in [0.2, 0.25) is 0 Å². The highest BCUT2D eigenvalue weighted by molar-refractivity contribution is 7.80. The quantitative estimate of drug-likeness (QED) is 0.438. The molecule has 8 nitrogen and oxygen atoms in total. The fourth-order valence-corrected chi connectivity index (χ4v) is 4.30. The van der Waals surface area contributed by atoms with Gasteiger partial charge in [-0.3, -0.25) is 4.98 Å². The van der Waals surface area contributed by atoms with Crippen molar-refractivity contribution in [2.45, 2.75) is 25.9 Å². The van der Waals surface area contributed by atoms with Crippen molar-refractivity contribution in [1.82, 2.24) is 15.2 Å². The number of hydrogen-bond acceptors (Lipinski definition) is 5. The molecule has 4 rings (SSSR count). The number of nitrogens with one attached hydrogen (secondary N) is 1. The van der Waals surface area contributed by atoms with Gasteiger partial charge in [-0.15, -0.1) is 0 Å². The van der Waals surface area contributed by atoms with Gasteiger partial charge in [-0.05, 0) is 60.6 Å². The first kappa shape index (κ1) is 22.5. The number of pyridine rings is 1. The minimum atomic E-state index is -1.21. The SMILES string of the molecule is CC(C)CN1C(=S)NC(c2ccccn2)C1c1ccc(-c2cc(C(=O)O)cc(C(=O)O)c2)o1. The second-order valence-electron chi connectivity index (χ2n) is 8.28. The number of carbonyl (C=O) groups is 2. The van der Waals surface area contributed by atoms with Gasteiger partial charge in [0.15, 0.2) is 5.11 Å². The predicted octanol–water partition coefficient (Wildman–Crippen LogP) is 4.37. The lowest BCUT2D eigenvalue weighted by molar-refractivity contribution is 0.0696. The van der Waals surface area contributed by atoms with E-state index in [-0.39, 0.29) is 23.2 Å². The summed E-state index contributed by atoms with van der Waals surface area (Å²) in [6.07, 6.45) is 1.72. The van der Waals surface area contributed by atoms with Crippen molar-refractivity contribution in [3.05, 3.63) is 77.3 Å². The topological polar surface area (TPSA) is 116 Å². The molecule has 0 aliphatic carbocycles. The minimum Gasteiger partial charge on any atom is -0.478 e. The second kappa shape index (κ2) is 9.03. The summed E-state index contributed by atoms with van der Waals surface area (Å²) in [6.45, 7) is 4.91. The van der Waals surface area contributed by atoms with Crippen LogP contribution in [0, 0.1) is 5.92 Å². The molecule has 3 aromatic rings. The highest BCUT2D eigenvalue weighted by atomic mass is 32.1. The molecular weight excluding hydrogens is 442 g/mol. The number of furan rings is 1. The molecule has 9 heteroatoms. The van der Waals surface area contributed by atoms with Crippen LogP contribution in [0.5, 0.6) is 0 Å². The van der Waals surface area contributed by atoms with E-state index in [4.69, 9.17) is 16.6 Å². The van der Waals surface area contributed by atoms with E-state index in [1.807, 2.05) is 24.3 Å². The summed E-state index contributed by atoms with van der Waals surface area (Å²) in [7, 11) is 0. The van der Waals surface area contributed by atoms with E-state index in [0.29, 0.717) is 34.7 Å². The summed E-state index contributed by atoms with van der Waals surface area (Å²) in [5.41, 5.74) is 0.936. The van der Waals surface area contributed by atoms with E-state index in [0.717, 1.165) is 11.8 Å². The molecule has 1 aromatic carbocycles. The molecule has 0 spiro atoms. The zero-order valence-corrected chi connectivity index (χ0v) is 18.9. The molecular formula is C24H23N3O5S. The molecule has 1 fully saturated rings. The van der Waals surface area contributed by atoms with Crippen molar-refractivity contribution in [3.63, 3.8) is 0 Å². The summed E-state index contributed by atoms with van der Waals surface area (Å²) in [4.78, 5) is 29.5. The molecule has 0 amide bonds. The van der Waals surface area contributed by atoms with E-state index in [2.05, 4.69) is 29.0 Å². The van der Waals surface area contributed by atoms with Crippen LogP contribution >= 0.6 is 12.2 Å². The first-order chi connectivity index (χ1) is 15.7. The molecule has 3 heterocycles. The smallest absolute Gasteiger partial charge is 0.335 e. The number of thiocarbonyl (C=S) groups is 1. The van der Waals surface area contributed by atoms with Crippen LogP contribution in [0.3, 0.4) is 0 Å². The van der Waals surface area contributed by atoms with Crippen LogP contribution in [-0.4, -0.2) is 43.7 Å². The van der Waals surface area contributed by atoms with Crippen molar-refractivity contribution >= 4 is 29.3 Å². The van der Waals surface area contributed by atoms with Gasteiger partial charge in [0.25, 0.3) is 0 Å². The maximum absolute atomic E-state index is 11.5. The standard InChI is InChI=1S/C24H23N3O5S/c1-13(2)12-27-21(20(26-24(27)33)17-5-3-4-8-25-17)19-7-6-18(32-19)14-9-15(22(28)29)11-16(10-14)23(30)31/h3-11,13,20-21H,12H2,1-2H3,(H,26,33)(H,28,29)(H,30,31). The molecule has 2 unspecified atom stereocenters. The third-order valence-corrected chi connectivity index (χ3v) is 5.74. The van der Waals surface area contributed by atoms with Crippen molar-refractivity contribution in [2.24, 2.45) is 5.92 Å². The Labute approximate surface area is 195 Å². The molecule has 170 valence electrons. The van der Waals surface area contributed by atoms with E-state index >= 15 is 0 Å². The normalized spacial score (nSPS) is 17.9. The number of aromatic carboxylic acids is 2. The first-order valence-electron chi connectivity index (χ1n) is 10.4. The lowest BCUT2D eigenvalue weighted by Gasteiger charge is -2.27. The van der Waals surface area contributed by atoms with Gasteiger partial charge in [-0.25, -0.2) is 9.59 Å². The number of aromatic nitrogens is 1. The van der Waals surface area contributed by atoms with Gasteiger partial charge < -0.3 is 24.8 Å². The van der Waals surface area contributed by atoms with Gasteiger partial charge >= 0.3 is 11.9 Å². The molecule has 1 saturated heterocycles. The van der Waals surface area contributed by atoms with Crippen LogP contribution in [0.2, 0.25) is 0 Å². The lowest BCUT2D eigenvalue weighted by Crippen LogP contribution is -2.32. The van der Waals surface area contributed by atoms with Crippen LogP contribution in [0.4, 0.5) is 0 Å². The molecule has 3 N–H and O–H groups in total. The van der Waals surface area contributed by atoms with Crippen LogP contribution in [0.15, 0.2) is 59.1 Å². The Morgan fingerprint density at radius 2 is 1.82 bits per heavy atom. The third-order valence-electron chi connectivity index (χ3n) is 5.39. The molecule has 33 heavy (non-hydrogen) atoms. The molecule has 0 bridgehead atoms. The highest BCUT2D eigenvalue weighted by Crippen LogP contribution is 2.40. The zero-order valence-electron chi connectivity index (χ0n) is 18.1. The zero-order chi connectivity index (χ0) is 23.7. The Balaban J connectivity index is 1.77. The van der Waals surface area contributed by atoms with Gasteiger partial charge in [-0.1, -0.05) is 19.9 Å². The van der Waals surface area contributed by atoms with Crippen LogP contribution in [0.1, 0.15) is 58.1 Å². The second-order valence-corrected chi connectivity index (χ2v) is 8.67. The van der Waals surface area contributed by atoms with Crippen molar-refractivity contribution in [2.75, 3.05) is 6.54 Å². The Morgan fingerprint density at radius 1 is 1.12 bits per heavy atom. The fourth-order valence-electron chi connectivity index (χ4n) is 3.99. The van der Waals surface area contributed by atoms with Gasteiger partial charge in [-0.2, -0.15) is 0 Å². The van der Waals surface area contributed by atoms with Gasteiger partial charge in [0.05, 0.1) is 22.9 Å². The van der Waals surface area contributed by atoms with E-state index in [1.54, 1.807) is 12.3 Å². The number of nitrogens with zero attached hydrogens (tertiary/aromatic N) is 2. The highest BCUT2D eigenvalue weighted by Gasteiger charge is 2.41. The van der Waals surface area contributed by atoms with E-state index < -0.39 is 11.9 Å². The number of carboxylic acids is 2. The fraction of sp³-hybridized carbons (Fsp3) is 0.250. The molecule has 0 saturated carbocycles. The molecule has 1 aliphatic heterocycles. The van der Waals surface area contributed by atoms with Crippen LogP contribution in [0.25, 0.3) is 11.3 Å². The summed E-state index contributed by atoms with van der Waals surface area (Å²) >= 11 is 5.62. The van der Waals surface area contributed by atoms with Crippen molar-refractivity contribution in [1.29, 1.82) is 0 Å². The molecule has 2 atom stereocenters. The number of benzene rings is 1.